The molecule has 2 heterocycles. The van der Waals surface area contributed by atoms with Gasteiger partial charge in [0, 0.05) is 33.7 Å². The van der Waals surface area contributed by atoms with E-state index in [9.17, 15) is 4.79 Å². The number of hydrogen-bond acceptors (Lipinski definition) is 5. The van der Waals surface area contributed by atoms with E-state index in [2.05, 4.69) is 36.4 Å². The highest BCUT2D eigenvalue weighted by Crippen LogP contribution is 2.22. The quantitative estimate of drug-likeness (QED) is 0.490. The molecule has 0 saturated heterocycles. The molecule has 0 spiro atoms. The molecule has 0 saturated carbocycles. The number of hydrogen-bond donors (Lipinski definition) is 1. The first-order chi connectivity index (χ1) is 13.7. The van der Waals surface area contributed by atoms with Gasteiger partial charge in [0.05, 0.1) is 6.42 Å². The van der Waals surface area contributed by atoms with Crippen molar-refractivity contribution in [2.24, 2.45) is 0 Å². The fourth-order valence-corrected chi connectivity index (χ4v) is 3.13. The molecule has 1 amide bonds. The van der Waals surface area contributed by atoms with Gasteiger partial charge >= 0.3 is 0 Å². The third kappa shape index (κ3) is 4.15. The molecule has 2 aromatic heterocycles. The number of halogens is 1. The van der Waals surface area contributed by atoms with Crippen molar-refractivity contribution < 1.29 is 9.32 Å². The molecule has 0 aliphatic carbocycles. The van der Waals surface area contributed by atoms with E-state index in [1.807, 2.05) is 48.5 Å². The molecule has 1 N–H and O–H groups in total. The van der Waals surface area contributed by atoms with Crippen LogP contribution in [0.15, 0.2) is 82.1 Å². The number of nitrogens with one attached hydrogen (secondary N) is 1. The van der Waals surface area contributed by atoms with E-state index in [-0.39, 0.29) is 5.91 Å². The topological polar surface area (TPSA) is 80.9 Å². The number of anilines is 1. The standard InChI is InChI=1S/C21H15BrN4O2/c22-17-6-3-5-16(12-17)21(27)24-18-7-2-1-4-15(18)13-19-25-20(26-28-19)14-8-10-23-11-9-14/h1-12H,13H2,(H,24,27). The Hall–Kier alpha value is -3.32. The number of benzene rings is 2. The summed E-state index contributed by atoms with van der Waals surface area (Å²) in [6, 6.07) is 18.4. The zero-order valence-corrected chi connectivity index (χ0v) is 16.3. The van der Waals surface area contributed by atoms with Crippen LogP contribution in [0.5, 0.6) is 0 Å². The minimum atomic E-state index is -0.184. The maximum absolute atomic E-state index is 12.6. The minimum Gasteiger partial charge on any atom is -0.339 e. The average molecular weight is 435 g/mol. The van der Waals surface area contributed by atoms with E-state index < -0.39 is 0 Å². The molecular formula is C21H15BrN4O2. The molecule has 2 aromatic carbocycles. The highest BCUT2D eigenvalue weighted by molar-refractivity contribution is 9.10. The Morgan fingerprint density at radius 2 is 1.86 bits per heavy atom. The Labute approximate surface area is 169 Å². The fourth-order valence-electron chi connectivity index (χ4n) is 2.73. The van der Waals surface area contributed by atoms with Crippen molar-refractivity contribution in [2.75, 3.05) is 5.32 Å². The van der Waals surface area contributed by atoms with Gasteiger partial charge in [-0.3, -0.25) is 9.78 Å². The van der Waals surface area contributed by atoms with Gasteiger partial charge in [0.25, 0.3) is 5.91 Å². The molecule has 0 aliphatic rings. The molecule has 138 valence electrons. The van der Waals surface area contributed by atoms with Crippen LogP contribution < -0.4 is 5.32 Å². The molecule has 6 nitrogen and oxygen atoms in total. The van der Waals surface area contributed by atoms with Crippen LogP contribution >= 0.6 is 15.9 Å². The summed E-state index contributed by atoms with van der Waals surface area (Å²) in [6.45, 7) is 0. The van der Waals surface area contributed by atoms with Crippen LogP contribution in [0.4, 0.5) is 5.69 Å². The smallest absolute Gasteiger partial charge is 0.255 e. The lowest BCUT2D eigenvalue weighted by Crippen LogP contribution is -2.13. The summed E-state index contributed by atoms with van der Waals surface area (Å²) in [5.74, 6) is 0.792. The second-order valence-corrected chi connectivity index (χ2v) is 6.96. The summed E-state index contributed by atoms with van der Waals surface area (Å²) in [4.78, 5) is 21.0. The van der Waals surface area contributed by atoms with E-state index in [0.717, 1.165) is 15.6 Å². The lowest BCUT2D eigenvalue weighted by molar-refractivity contribution is 0.102. The maximum atomic E-state index is 12.6. The highest BCUT2D eigenvalue weighted by Gasteiger charge is 2.13. The van der Waals surface area contributed by atoms with Crippen LogP contribution in [0.25, 0.3) is 11.4 Å². The molecule has 0 unspecified atom stereocenters. The van der Waals surface area contributed by atoms with E-state index in [0.29, 0.717) is 29.4 Å². The van der Waals surface area contributed by atoms with Gasteiger partial charge in [0.2, 0.25) is 11.7 Å². The number of carbonyl (C=O) groups excluding carboxylic acids is 1. The highest BCUT2D eigenvalue weighted by atomic mass is 79.9. The summed E-state index contributed by atoms with van der Waals surface area (Å²) in [5.41, 5.74) is 3.00. The van der Waals surface area contributed by atoms with Gasteiger partial charge in [-0.15, -0.1) is 0 Å². The number of para-hydroxylation sites is 1. The number of pyridine rings is 1. The molecule has 0 aliphatic heterocycles. The summed E-state index contributed by atoms with van der Waals surface area (Å²) in [6.07, 6.45) is 3.77. The van der Waals surface area contributed by atoms with E-state index >= 15 is 0 Å². The van der Waals surface area contributed by atoms with Gasteiger partial charge in [0.15, 0.2) is 0 Å². The zero-order chi connectivity index (χ0) is 19.3. The summed E-state index contributed by atoms with van der Waals surface area (Å²) < 4.78 is 6.23. The third-order valence-corrected chi connectivity index (χ3v) is 4.59. The van der Waals surface area contributed by atoms with Gasteiger partial charge in [-0.05, 0) is 42.0 Å². The largest absolute Gasteiger partial charge is 0.339 e. The Bertz CT molecular complexity index is 1110. The van der Waals surface area contributed by atoms with E-state index in [1.165, 1.54) is 0 Å². The fraction of sp³-hybridized carbons (Fsp3) is 0.0476. The molecule has 0 fully saturated rings. The van der Waals surface area contributed by atoms with Crippen LogP contribution in [0, 0.1) is 0 Å². The molecule has 0 bridgehead atoms. The zero-order valence-electron chi connectivity index (χ0n) is 14.7. The van der Waals surface area contributed by atoms with Crippen molar-refractivity contribution in [1.29, 1.82) is 0 Å². The van der Waals surface area contributed by atoms with Crippen molar-refractivity contribution >= 4 is 27.5 Å². The predicted octanol–water partition coefficient (Wildman–Crippen LogP) is 4.74. The lowest BCUT2D eigenvalue weighted by atomic mass is 10.1. The molecular weight excluding hydrogens is 420 g/mol. The number of aromatic nitrogens is 3. The van der Waals surface area contributed by atoms with Crippen LogP contribution in [-0.4, -0.2) is 21.0 Å². The van der Waals surface area contributed by atoms with Crippen LogP contribution in [0.2, 0.25) is 0 Å². The van der Waals surface area contributed by atoms with Crippen molar-refractivity contribution in [3.05, 3.63) is 94.5 Å². The minimum absolute atomic E-state index is 0.184. The van der Waals surface area contributed by atoms with Gasteiger partial charge in [-0.25, -0.2) is 0 Å². The Balaban J connectivity index is 1.54. The molecule has 7 heteroatoms. The second kappa shape index (κ2) is 8.14. The van der Waals surface area contributed by atoms with Gasteiger partial charge < -0.3 is 9.84 Å². The van der Waals surface area contributed by atoms with Crippen LogP contribution in [-0.2, 0) is 6.42 Å². The van der Waals surface area contributed by atoms with Crippen LogP contribution in [0.1, 0.15) is 21.8 Å². The van der Waals surface area contributed by atoms with Gasteiger partial charge in [-0.1, -0.05) is 45.4 Å². The number of amides is 1. The summed E-state index contributed by atoms with van der Waals surface area (Å²) >= 11 is 3.38. The second-order valence-electron chi connectivity index (χ2n) is 6.05. The Morgan fingerprint density at radius 1 is 1.04 bits per heavy atom. The molecule has 0 radical (unpaired) electrons. The Kier molecular flexibility index (Phi) is 5.25. The number of carbonyl (C=O) groups is 1. The third-order valence-electron chi connectivity index (χ3n) is 4.10. The first-order valence-corrected chi connectivity index (χ1v) is 9.36. The molecule has 4 rings (SSSR count). The predicted molar refractivity (Wildman–Crippen MR) is 109 cm³/mol. The lowest BCUT2D eigenvalue weighted by Gasteiger charge is -2.10. The summed E-state index contributed by atoms with van der Waals surface area (Å²) in [5, 5.41) is 6.98. The number of nitrogens with zero attached hydrogens (tertiary/aromatic N) is 3. The van der Waals surface area contributed by atoms with E-state index in [1.54, 1.807) is 24.5 Å². The van der Waals surface area contributed by atoms with Gasteiger partial charge in [0.1, 0.15) is 0 Å². The van der Waals surface area contributed by atoms with Crippen molar-refractivity contribution in [3.63, 3.8) is 0 Å². The first-order valence-electron chi connectivity index (χ1n) is 8.57. The molecule has 4 aromatic rings. The monoisotopic (exact) mass is 434 g/mol. The van der Waals surface area contributed by atoms with E-state index in [4.69, 9.17) is 4.52 Å². The van der Waals surface area contributed by atoms with Gasteiger partial charge in [-0.2, -0.15) is 4.98 Å². The molecule has 0 atom stereocenters. The SMILES string of the molecule is O=C(Nc1ccccc1Cc1nc(-c2ccncc2)no1)c1cccc(Br)c1. The Morgan fingerprint density at radius 3 is 2.68 bits per heavy atom. The van der Waals surface area contributed by atoms with Crippen LogP contribution in [0.3, 0.4) is 0 Å². The normalized spacial score (nSPS) is 10.6. The molecule has 28 heavy (non-hydrogen) atoms. The maximum Gasteiger partial charge on any atom is 0.255 e. The number of rotatable bonds is 5. The average Bonchev–Trinajstić information content (AvgIpc) is 3.19. The van der Waals surface area contributed by atoms with Crippen molar-refractivity contribution in [3.8, 4) is 11.4 Å². The van der Waals surface area contributed by atoms with Crippen molar-refractivity contribution in [2.45, 2.75) is 6.42 Å². The summed E-state index contributed by atoms with van der Waals surface area (Å²) in [7, 11) is 0. The van der Waals surface area contributed by atoms with Crippen molar-refractivity contribution in [1.82, 2.24) is 15.1 Å². The first kappa shape index (κ1) is 18.1.